The van der Waals surface area contributed by atoms with Crippen molar-refractivity contribution >= 4 is 23.4 Å². The molecule has 0 aliphatic rings. The van der Waals surface area contributed by atoms with Crippen molar-refractivity contribution in [2.24, 2.45) is 0 Å². The van der Waals surface area contributed by atoms with Crippen molar-refractivity contribution < 1.29 is 22.7 Å². The van der Waals surface area contributed by atoms with Crippen LogP contribution in [0.5, 0.6) is 5.75 Å². The lowest BCUT2D eigenvalue weighted by atomic mass is 10.1. The smallest absolute Gasteiger partial charge is 0.416 e. The maximum Gasteiger partial charge on any atom is 0.416 e. The molecule has 0 atom stereocenters. The number of anilines is 1. The number of aryl methyl sites for hydroxylation is 1. The molecule has 0 unspecified atom stereocenters. The molecule has 35 heavy (non-hydrogen) atoms. The van der Waals surface area contributed by atoms with E-state index in [1.165, 1.54) is 12.1 Å². The van der Waals surface area contributed by atoms with Crippen molar-refractivity contribution in [1.82, 2.24) is 14.8 Å². The van der Waals surface area contributed by atoms with Crippen LogP contribution < -0.4 is 10.1 Å². The van der Waals surface area contributed by atoms with E-state index in [1.54, 1.807) is 7.11 Å². The zero-order valence-corrected chi connectivity index (χ0v) is 19.7. The van der Waals surface area contributed by atoms with E-state index in [1.807, 2.05) is 60.0 Å². The summed E-state index contributed by atoms with van der Waals surface area (Å²) in [5, 5.41) is 11.6. The van der Waals surface area contributed by atoms with Crippen LogP contribution >= 0.6 is 11.8 Å². The van der Waals surface area contributed by atoms with Gasteiger partial charge in [0.25, 0.3) is 0 Å². The van der Waals surface area contributed by atoms with Crippen LogP contribution in [0.3, 0.4) is 0 Å². The number of methoxy groups -OCH3 is 1. The van der Waals surface area contributed by atoms with Crippen LogP contribution in [0.1, 0.15) is 11.1 Å². The predicted octanol–water partition coefficient (Wildman–Crippen LogP) is 6.00. The molecular weight excluding hydrogens is 477 g/mol. The van der Waals surface area contributed by atoms with Gasteiger partial charge < -0.3 is 10.1 Å². The van der Waals surface area contributed by atoms with Gasteiger partial charge in [-0.25, -0.2) is 0 Å². The molecular formula is C25H21F3N4O2S. The molecule has 0 aliphatic carbocycles. The van der Waals surface area contributed by atoms with Gasteiger partial charge in [-0.05, 0) is 55.5 Å². The Labute approximate surface area is 204 Å². The Morgan fingerprint density at radius 3 is 2.46 bits per heavy atom. The summed E-state index contributed by atoms with van der Waals surface area (Å²) >= 11 is 1.13. The average molecular weight is 499 g/mol. The van der Waals surface area contributed by atoms with E-state index in [0.717, 1.165) is 40.7 Å². The minimum absolute atomic E-state index is 0.0711. The van der Waals surface area contributed by atoms with Crippen molar-refractivity contribution in [2.45, 2.75) is 18.3 Å². The number of nitrogens with one attached hydrogen (secondary N) is 1. The van der Waals surface area contributed by atoms with Crippen LogP contribution in [0, 0.1) is 6.92 Å². The summed E-state index contributed by atoms with van der Waals surface area (Å²) in [7, 11) is 1.58. The number of amides is 1. The Morgan fingerprint density at radius 2 is 1.77 bits per heavy atom. The van der Waals surface area contributed by atoms with E-state index in [4.69, 9.17) is 4.74 Å². The van der Waals surface area contributed by atoms with Crippen LogP contribution in [0.25, 0.3) is 17.1 Å². The van der Waals surface area contributed by atoms with Crippen LogP contribution in [0.15, 0.2) is 78.0 Å². The van der Waals surface area contributed by atoms with Gasteiger partial charge in [0.2, 0.25) is 5.91 Å². The highest BCUT2D eigenvalue weighted by Crippen LogP contribution is 2.31. The fourth-order valence-corrected chi connectivity index (χ4v) is 4.15. The third kappa shape index (κ3) is 5.83. The summed E-state index contributed by atoms with van der Waals surface area (Å²) in [5.41, 5.74) is 1.93. The third-order valence-electron chi connectivity index (χ3n) is 5.05. The number of ether oxygens (including phenoxy) is 1. The summed E-state index contributed by atoms with van der Waals surface area (Å²) in [4.78, 5) is 12.5. The maximum atomic E-state index is 13.0. The largest absolute Gasteiger partial charge is 0.497 e. The van der Waals surface area contributed by atoms with Crippen molar-refractivity contribution in [1.29, 1.82) is 0 Å². The molecule has 6 nitrogen and oxygen atoms in total. The van der Waals surface area contributed by atoms with Gasteiger partial charge in [-0.3, -0.25) is 9.36 Å². The lowest BCUT2D eigenvalue weighted by Gasteiger charge is -2.12. The molecule has 3 aromatic carbocycles. The van der Waals surface area contributed by atoms with E-state index in [9.17, 15) is 18.0 Å². The number of carbonyl (C=O) groups is 1. The van der Waals surface area contributed by atoms with Gasteiger partial charge in [0, 0.05) is 16.9 Å². The molecule has 180 valence electrons. The van der Waals surface area contributed by atoms with Gasteiger partial charge in [-0.2, -0.15) is 13.2 Å². The van der Waals surface area contributed by atoms with Gasteiger partial charge in [0.1, 0.15) is 5.75 Å². The monoisotopic (exact) mass is 498 g/mol. The lowest BCUT2D eigenvalue weighted by Crippen LogP contribution is -2.15. The van der Waals surface area contributed by atoms with Crippen LogP contribution in [-0.4, -0.2) is 33.5 Å². The summed E-state index contributed by atoms with van der Waals surface area (Å²) in [6.45, 7) is 1.98. The summed E-state index contributed by atoms with van der Waals surface area (Å²) in [6, 6.07) is 19.7. The first-order chi connectivity index (χ1) is 16.7. The van der Waals surface area contributed by atoms with Crippen molar-refractivity contribution in [3.8, 4) is 22.8 Å². The minimum atomic E-state index is -4.49. The van der Waals surface area contributed by atoms with Crippen LogP contribution in [-0.2, 0) is 11.0 Å². The van der Waals surface area contributed by atoms with Crippen molar-refractivity contribution in [2.75, 3.05) is 18.2 Å². The maximum absolute atomic E-state index is 13.0. The Hall–Kier alpha value is -3.79. The van der Waals surface area contributed by atoms with Gasteiger partial charge in [-0.15, -0.1) is 10.2 Å². The first-order valence-corrected chi connectivity index (χ1v) is 11.5. The number of thioether (sulfide) groups is 1. The summed E-state index contributed by atoms with van der Waals surface area (Å²) < 4.78 is 45.9. The average Bonchev–Trinajstić information content (AvgIpc) is 3.26. The molecule has 1 heterocycles. The molecule has 0 saturated carbocycles. The van der Waals surface area contributed by atoms with E-state index < -0.39 is 17.6 Å². The van der Waals surface area contributed by atoms with Crippen molar-refractivity contribution in [3.05, 3.63) is 83.9 Å². The number of benzene rings is 3. The molecule has 0 saturated heterocycles. The zero-order valence-electron chi connectivity index (χ0n) is 18.8. The molecule has 4 aromatic rings. The molecule has 4 rings (SSSR count). The lowest BCUT2D eigenvalue weighted by molar-refractivity contribution is -0.137. The van der Waals surface area contributed by atoms with E-state index in [0.29, 0.717) is 16.7 Å². The minimum Gasteiger partial charge on any atom is -0.497 e. The Kier molecular flexibility index (Phi) is 7.11. The second kappa shape index (κ2) is 10.2. The summed E-state index contributed by atoms with van der Waals surface area (Å²) in [6.07, 6.45) is -4.49. The van der Waals surface area contributed by atoms with E-state index in [2.05, 4.69) is 15.5 Å². The Bertz CT molecular complexity index is 1340. The fraction of sp³-hybridized carbons (Fsp3) is 0.160. The number of hydrogen-bond acceptors (Lipinski definition) is 5. The second-order valence-corrected chi connectivity index (χ2v) is 8.57. The van der Waals surface area contributed by atoms with Gasteiger partial charge in [-0.1, -0.05) is 41.6 Å². The number of rotatable bonds is 7. The second-order valence-electron chi connectivity index (χ2n) is 7.62. The fourth-order valence-electron chi connectivity index (χ4n) is 3.40. The molecule has 0 bridgehead atoms. The quantitative estimate of drug-likeness (QED) is 0.317. The number of alkyl halides is 3. The molecule has 0 aliphatic heterocycles. The normalized spacial score (nSPS) is 11.3. The Balaban J connectivity index is 1.58. The van der Waals surface area contributed by atoms with E-state index in [-0.39, 0.29) is 11.4 Å². The molecule has 0 radical (unpaired) electrons. The number of carbonyl (C=O) groups excluding carboxylic acids is 1. The molecule has 1 amide bonds. The van der Waals surface area contributed by atoms with E-state index >= 15 is 0 Å². The van der Waals surface area contributed by atoms with Gasteiger partial charge in [0.05, 0.1) is 18.4 Å². The molecule has 1 aromatic heterocycles. The molecule has 1 N–H and O–H groups in total. The third-order valence-corrected chi connectivity index (χ3v) is 5.98. The standard InChI is InChI=1S/C25H21F3N4O2S/c1-16-5-3-6-17(13-16)23-30-31-24(32(23)20-9-11-21(34-2)12-10-20)35-15-22(33)29-19-8-4-7-18(14-19)25(26,27)28/h3-14H,15H2,1-2H3,(H,29,33). The predicted molar refractivity (Wildman–Crippen MR) is 129 cm³/mol. The van der Waals surface area contributed by atoms with Crippen LogP contribution in [0.2, 0.25) is 0 Å². The van der Waals surface area contributed by atoms with Crippen LogP contribution in [0.4, 0.5) is 18.9 Å². The summed E-state index contributed by atoms with van der Waals surface area (Å²) in [5.74, 6) is 0.752. The van der Waals surface area contributed by atoms with Crippen molar-refractivity contribution in [3.63, 3.8) is 0 Å². The number of aromatic nitrogens is 3. The highest BCUT2D eigenvalue weighted by atomic mass is 32.2. The highest BCUT2D eigenvalue weighted by Gasteiger charge is 2.30. The highest BCUT2D eigenvalue weighted by molar-refractivity contribution is 7.99. The first-order valence-electron chi connectivity index (χ1n) is 10.5. The number of hydrogen-bond donors (Lipinski definition) is 1. The Morgan fingerprint density at radius 1 is 1.03 bits per heavy atom. The SMILES string of the molecule is COc1ccc(-n2c(SCC(=O)Nc3cccc(C(F)(F)F)c3)nnc2-c2cccc(C)c2)cc1. The van der Waals surface area contributed by atoms with Gasteiger partial charge >= 0.3 is 6.18 Å². The first kappa shape index (κ1) is 24.3. The molecule has 0 spiro atoms. The zero-order chi connectivity index (χ0) is 25.0. The van der Waals surface area contributed by atoms with Gasteiger partial charge in [0.15, 0.2) is 11.0 Å². The molecule has 0 fully saturated rings. The molecule has 10 heteroatoms. The number of halogens is 3. The number of nitrogens with zero attached hydrogens (tertiary/aromatic N) is 3. The topological polar surface area (TPSA) is 69.0 Å².